The van der Waals surface area contributed by atoms with Crippen LogP contribution in [0.3, 0.4) is 0 Å². The van der Waals surface area contributed by atoms with Crippen molar-refractivity contribution in [3.8, 4) is 17.0 Å². The lowest BCUT2D eigenvalue weighted by Gasteiger charge is -2.06. The average Bonchev–Trinajstić information content (AvgIpc) is 3.51. The van der Waals surface area contributed by atoms with Crippen molar-refractivity contribution in [2.24, 2.45) is 9.98 Å². The third-order valence-electron chi connectivity index (χ3n) is 5.12. The molecule has 0 aliphatic carbocycles. The van der Waals surface area contributed by atoms with E-state index in [1.54, 1.807) is 18.6 Å². The summed E-state index contributed by atoms with van der Waals surface area (Å²) in [5.41, 5.74) is 2.64. The molecule has 2 aromatic carbocycles. The van der Waals surface area contributed by atoms with Crippen molar-refractivity contribution < 1.29 is 18.0 Å². The third-order valence-corrected chi connectivity index (χ3v) is 5.12. The molecule has 0 fully saturated rings. The Morgan fingerprint density at radius 2 is 1.79 bits per heavy atom. The zero-order valence-corrected chi connectivity index (χ0v) is 17.4. The molecule has 3 heterocycles. The molecule has 0 saturated carbocycles. The normalized spacial score (nSPS) is 15.0. The molecule has 33 heavy (non-hydrogen) atoms. The highest BCUT2D eigenvalue weighted by Gasteiger charge is 2.20. The van der Waals surface area contributed by atoms with Crippen LogP contribution in [0.5, 0.6) is 5.75 Å². The molecular formula is C25H18F2N4O2. The van der Waals surface area contributed by atoms with Gasteiger partial charge in [0.25, 0.3) is 0 Å². The van der Waals surface area contributed by atoms with Crippen LogP contribution in [-0.2, 0) is 13.0 Å². The first-order valence-corrected chi connectivity index (χ1v) is 10.3. The summed E-state index contributed by atoms with van der Waals surface area (Å²) in [4.78, 5) is 12.5. The third kappa shape index (κ3) is 4.69. The zero-order chi connectivity index (χ0) is 22.6. The van der Waals surface area contributed by atoms with E-state index in [-0.39, 0.29) is 17.4 Å². The number of aromatic nitrogens is 2. The zero-order valence-electron chi connectivity index (χ0n) is 17.4. The van der Waals surface area contributed by atoms with Crippen LogP contribution >= 0.6 is 0 Å². The van der Waals surface area contributed by atoms with E-state index in [2.05, 4.69) is 20.1 Å². The Balaban J connectivity index is 1.22. The van der Waals surface area contributed by atoms with Crippen molar-refractivity contribution in [1.82, 2.24) is 10.1 Å². The Bertz CT molecular complexity index is 1320. The summed E-state index contributed by atoms with van der Waals surface area (Å²) in [5.74, 6) is -0.358. The molecule has 0 N–H and O–H groups in total. The summed E-state index contributed by atoms with van der Waals surface area (Å²) in [7, 11) is 0. The van der Waals surface area contributed by atoms with Crippen molar-refractivity contribution in [1.29, 1.82) is 0 Å². The number of aliphatic imine (C=N–C) groups is 2. The second kappa shape index (κ2) is 9.12. The largest absolute Gasteiger partial charge is 0.489 e. The quantitative estimate of drug-likeness (QED) is 0.401. The van der Waals surface area contributed by atoms with Gasteiger partial charge in [-0.2, -0.15) is 0 Å². The van der Waals surface area contributed by atoms with Gasteiger partial charge in [-0.05, 0) is 54.1 Å². The summed E-state index contributed by atoms with van der Waals surface area (Å²) >= 11 is 0. The molecule has 1 aliphatic rings. The van der Waals surface area contributed by atoms with E-state index >= 15 is 0 Å². The van der Waals surface area contributed by atoms with Gasteiger partial charge in [0.1, 0.15) is 23.8 Å². The van der Waals surface area contributed by atoms with Gasteiger partial charge in [0.15, 0.2) is 17.5 Å². The van der Waals surface area contributed by atoms with Crippen LogP contribution in [0.1, 0.15) is 16.9 Å². The Morgan fingerprint density at radius 3 is 2.61 bits per heavy atom. The molecule has 8 heteroatoms. The number of hydrogen-bond donors (Lipinski definition) is 0. The summed E-state index contributed by atoms with van der Waals surface area (Å²) in [5, 5.41) is 4.13. The van der Waals surface area contributed by atoms with E-state index in [0.29, 0.717) is 24.5 Å². The summed E-state index contributed by atoms with van der Waals surface area (Å²) in [6, 6.07) is 16.8. The minimum absolute atomic E-state index is 0.0400. The Morgan fingerprint density at radius 1 is 0.970 bits per heavy atom. The highest BCUT2D eigenvalue weighted by atomic mass is 19.2. The summed E-state index contributed by atoms with van der Waals surface area (Å²) in [6.45, 7) is 0.459. The molecule has 1 aliphatic heterocycles. The maximum absolute atomic E-state index is 14.0. The second-order valence-corrected chi connectivity index (χ2v) is 7.45. The molecule has 0 saturated heterocycles. The maximum Gasteiger partial charge on any atom is 0.169 e. The highest BCUT2D eigenvalue weighted by molar-refractivity contribution is 6.07. The Labute approximate surface area is 188 Å². The topological polar surface area (TPSA) is 72.9 Å². The lowest BCUT2D eigenvalue weighted by atomic mass is 10.1. The first-order chi connectivity index (χ1) is 16.2. The monoisotopic (exact) mass is 444 g/mol. The van der Waals surface area contributed by atoms with Gasteiger partial charge in [-0.3, -0.25) is 9.98 Å². The van der Waals surface area contributed by atoms with Crippen molar-refractivity contribution in [3.05, 3.63) is 102 Å². The number of amidine groups is 1. The molecule has 0 amide bonds. The molecule has 164 valence electrons. The smallest absolute Gasteiger partial charge is 0.169 e. The molecule has 2 aromatic heterocycles. The van der Waals surface area contributed by atoms with Crippen molar-refractivity contribution in [2.45, 2.75) is 19.1 Å². The van der Waals surface area contributed by atoms with Crippen molar-refractivity contribution in [2.75, 3.05) is 0 Å². The number of pyridine rings is 1. The van der Waals surface area contributed by atoms with Gasteiger partial charge in [-0.1, -0.05) is 11.2 Å². The SMILES string of the molecule is Fc1cccc(C2=NC(Cc3cc(-c4ccc(OCc5ccncc5)cc4)no3)C=N2)c1F. The van der Waals surface area contributed by atoms with Gasteiger partial charge in [-0.15, -0.1) is 0 Å². The predicted molar refractivity (Wildman–Crippen MR) is 119 cm³/mol. The van der Waals surface area contributed by atoms with Gasteiger partial charge >= 0.3 is 0 Å². The van der Waals surface area contributed by atoms with Gasteiger partial charge in [0.05, 0.1) is 11.6 Å². The van der Waals surface area contributed by atoms with Crippen LogP contribution in [0.4, 0.5) is 8.78 Å². The second-order valence-electron chi connectivity index (χ2n) is 7.45. The van der Waals surface area contributed by atoms with Gasteiger partial charge in [0, 0.05) is 36.7 Å². The molecular weight excluding hydrogens is 426 g/mol. The van der Waals surface area contributed by atoms with Crippen LogP contribution in [0.25, 0.3) is 11.3 Å². The van der Waals surface area contributed by atoms with E-state index in [0.717, 1.165) is 22.9 Å². The van der Waals surface area contributed by atoms with Crippen molar-refractivity contribution >= 4 is 12.1 Å². The molecule has 1 unspecified atom stereocenters. The number of rotatable bonds is 7. The van der Waals surface area contributed by atoms with E-state index in [9.17, 15) is 8.78 Å². The average molecular weight is 444 g/mol. The fourth-order valence-corrected chi connectivity index (χ4v) is 3.41. The summed E-state index contributed by atoms with van der Waals surface area (Å²) < 4.78 is 38.7. The van der Waals surface area contributed by atoms with E-state index in [4.69, 9.17) is 9.26 Å². The highest BCUT2D eigenvalue weighted by Crippen LogP contribution is 2.24. The standard InChI is InChI=1S/C25H18F2N4O2/c26-22-3-1-2-21(24(22)27)25-29-14-18(30-25)12-20-13-23(31-33-20)17-4-6-19(7-5-17)32-15-16-8-10-28-11-9-16/h1-11,13-14,18H,12,15H2. The first-order valence-electron chi connectivity index (χ1n) is 10.3. The van der Waals surface area contributed by atoms with Crippen molar-refractivity contribution in [3.63, 3.8) is 0 Å². The van der Waals surface area contributed by atoms with Crippen LogP contribution in [0.2, 0.25) is 0 Å². The number of nitrogens with zero attached hydrogens (tertiary/aromatic N) is 4. The number of ether oxygens (including phenoxy) is 1. The molecule has 0 radical (unpaired) electrons. The van der Waals surface area contributed by atoms with Gasteiger partial charge < -0.3 is 9.26 Å². The minimum atomic E-state index is -0.954. The number of hydrogen-bond acceptors (Lipinski definition) is 6. The maximum atomic E-state index is 14.0. The molecule has 0 spiro atoms. The fourth-order valence-electron chi connectivity index (χ4n) is 3.41. The fraction of sp³-hybridized carbons (Fsp3) is 0.120. The first kappa shape index (κ1) is 20.7. The predicted octanol–water partition coefficient (Wildman–Crippen LogP) is 5.04. The molecule has 6 nitrogen and oxygen atoms in total. The van der Waals surface area contributed by atoms with E-state index < -0.39 is 11.6 Å². The van der Waals surface area contributed by atoms with Crippen LogP contribution in [0, 0.1) is 11.6 Å². The number of halogens is 2. The molecule has 1 atom stereocenters. The Hall–Kier alpha value is -4.20. The van der Waals surface area contributed by atoms with E-state index in [1.807, 2.05) is 42.5 Å². The van der Waals surface area contributed by atoms with Gasteiger partial charge in [-0.25, -0.2) is 13.8 Å². The lowest BCUT2D eigenvalue weighted by molar-refractivity contribution is 0.306. The lowest BCUT2D eigenvalue weighted by Crippen LogP contribution is -2.07. The van der Waals surface area contributed by atoms with Gasteiger partial charge in [0.2, 0.25) is 0 Å². The van der Waals surface area contributed by atoms with Crippen LogP contribution < -0.4 is 4.74 Å². The van der Waals surface area contributed by atoms with E-state index in [1.165, 1.54) is 12.1 Å². The summed E-state index contributed by atoms with van der Waals surface area (Å²) in [6.07, 6.45) is 5.46. The molecule has 4 aromatic rings. The molecule has 0 bridgehead atoms. The van der Waals surface area contributed by atoms with Crippen LogP contribution in [0.15, 0.2) is 87.6 Å². The molecule has 5 rings (SSSR count). The Kier molecular flexibility index (Phi) is 5.72. The minimum Gasteiger partial charge on any atom is -0.489 e. The van der Waals surface area contributed by atoms with Crippen LogP contribution in [-0.4, -0.2) is 28.2 Å². The number of benzene rings is 2.